The molecule has 0 spiro atoms. The lowest BCUT2D eigenvalue weighted by atomic mass is 9.57. The van der Waals surface area contributed by atoms with Gasteiger partial charge in [0.15, 0.2) is 5.96 Å². The normalized spacial score (nSPS) is 26.3. The van der Waals surface area contributed by atoms with Crippen LogP contribution in [0.15, 0.2) is 23.2 Å². The minimum Gasteiger partial charge on any atom is -0.494 e. The summed E-state index contributed by atoms with van der Waals surface area (Å²) in [6.07, 6.45) is 1.53. The SMILES string of the molecule is CCOc1ccc(CNC(=NC)NC2C3CCOC3C2(C)C)cc1C.I. The molecule has 1 saturated carbocycles. The van der Waals surface area contributed by atoms with Gasteiger partial charge in [-0.25, -0.2) is 0 Å². The summed E-state index contributed by atoms with van der Waals surface area (Å²) in [4.78, 5) is 4.40. The van der Waals surface area contributed by atoms with Gasteiger partial charge >= 0.3 is 0 Å². The standard InChI is InChI=1S/C20H31N3O2.HI/c1-6-24-16-8-7-14(11-13(16)2)12-22-19(21-5)23-17-15-9-10-25-18(15)20(17,3)4;/h7-8,11,15,17-18H,6,9-10,12H2,1-5H3,(H2,21,22,23);1H. The van der Waals surface area contributed by atoms with Gasteiger partial charge in [0.1, 0.15) is 5.75 Å². The van der Waals surface area contributed by atoms with Crippen LogP contribution in [0.25, 0.3) is 0 Å². The van der Waals surface area contributed by atoms with E-state index in [0.29, 0.717) is 24.7 Å². The molecule has 3 atom stereocenters. The van der Waals surface area contributed by atoms with Crippen LogP contribution in [0.1, 0.15) is 38.3 Å². The molecule has 6 heteroatoms. The molecule has 1 heterocycles. The second kappa shape index (κ2) is 8.78. The number of aliphatic imine (C=N–C) groups is 1. The molecule has 1 saturated heterocycles. The molecule has 1 aliphatic heterocycles. The van der Waals surface area contributed by atoms with E-state index in [0.717, 1.165) is 36.8 Å². The van der Waals surface area contributed by atoms with Crippen molar-refractivity contribution in [2.24, 2.45) is 16.3 Å². The molecule has 3 unspecified atom stereocenters. The number of ether oxygens (including phenoxy) is 2. The molecule has 146 valence electrons. The van der Waals surface area contributed by atoms with Gasteiger partial charge in [-0.05, 0) is 37.5 Å². The van der Waals surface area contributed by atoms with Crippen molar-refractivity contribution in [1.29, 1.82) is 0 Å². The Morgan fingerprint density at radius 1 is 1.38 bits per heavy atom. The van der Waals surface area contributed by atoms with Crippen molar-refractivity contribution < 1.29 is 9.47 Å². The molecular formula is C20H32IN3O2. The molecule has 0 radical (unpaired) electrons. The van der Waals surface area contributed by atoms with Gasteiger partial charge in [0.05, 0.1) is 12.7 Å². The lowest BCUT2D eigenvalue weighted by Gasteiger charge is -2.54. The zero-order valence-electron chi connectivity index (χ0n) is 16.5. The summed E-state index contributed by atoms with van der Waals surface area (Å²) in [5.41, 5.74) is 2.53. The molecule has 0 amide bonds. The van der Waals surface area contributed by atoms with Crippen LogP contribution >= 0.6 is 24.0 Å². The summed E-state index contributed by atoms with van der Waals surface area (Å²) in [7, 11) is 1.83. The molecule has 2 N–H and O–H groups in total. The quantitative estimate of drug-likeness (QED) is 0.391. The summed E-state index contributed by atoms with van der Waals surface area (Å²) in [6, 6.07) is 6.72. The maximum atomic E-state index is 5.87. The van der Waals surface area contributed by atoms with E-state index in [4.69, 9.17) is 9.47 Å². The second-order valence-corrected chi connectivity index (χ2v) is 7.65. The van der Waals surface area contributed by atoms with Gasteiger partial charge in [0.25, 0.3) is 0 Å². The van der Waals surface area contributed by atoms with Gasteiger partial charge in [-0.2, -0.15) is 0 Å². The van der Waals surface area contributed by atoms with E-state index >= 15 is 0 Å². The average molecular weight is 473 g/mol. The molecule has 1 aromatic rings. The van der Waals surface area contributed by atoms with E-state index in [1.807, 2.05) is 20.0 Å². The number of nitrogens with zero attached hydrogens (tertiary/aromatic N) is 1. The van der Waals surface area contributed by atoms with E-state index < -0.39 is 0 Å². The van der Waals surface area contributed by atoms with E-state index in [1.165, 1.54) is 5.56 Å². The Bertz CT molecular complexity index is 648. The maximum absolute atomic E-state index is 5.87. The van der Waals surface area contributed by atoms with E-state index in [2.05, 4.69) is 48.5 Å². The summed E-state index contributed by atoms with van der Waals surface area (Å²) < 4.78 is 11.5. The molecule has 0 bridgehead atoms. The Balaban J connectivity index is 0.00000243. The van der Waals surface area contributed by atoms with E-state index in [1.54, 1.807) is 0 Å². The van der Waals surface area contributed by atoms with Crippen LogP contribution in [0.5, 0.6) is 5.75 Å². The van der Waals surface area contributed by atoms with Gasteiger partial charge in [0, 0.05) is 37.6 Å². The highest BCUT2D eigenvalue weighted by Crippen LogP contribution is 2.52. The van der Waals surface area contributed by atoms with Crippen LogP contribution in [0.2, 0.25) is 0 Å². The Morgan fingerprint density at radius 3 is 2.81 bits per heavy atom. The number of hydrogen-bond acceptors (Lipinski definition) is 3. The Morgan fingerprint density at radius 2 is 2.15 bits per heavy atom. The predicted molar refractivity (Wildman–Crippen MR) is 117 cm³/mol. The molecule has 1 aliphatic carbocycles. The Labute approximate surface area is 174 Å². The fourth-order valence-corrected chi connectivity index (χ4v) is 4.28. The largest absolute Gasteiger partial charge is 0.494 e. The van der Waals surface area contributed by atoms with Gasteiger partial charge in [-0.3, -0.25) is 4.99 Å². The lowest BCUT2D eigenvalue weighted by molar-refractivity contribution is -0.106. The smallest absolute Gasteiger partial charge is 0.191 e. The number of rotatable bonds is 5. The highest BCUT2D eigenvalue weighted by molar-refractivity contribution is 14.0. The first-order valence-corrected chi connectivity index (χ1v) is 9.28. The first-order chi connectivity index (χ1) is 12.0. The third kappa shape index (κ3) is 4.11. The number of benzene rings is 1. The monoisotopic (exact) mass is 473 g/mol. The molecule has 2 fully saturated rings. The number of halogens is 1. The van der Waals surface area contributed by atoms with Crippen molar-refractivity contribution in [1.82, 2.24) is 10.6 Å². The minimum absolute atomic E-state index is 0. The van der Waals surface area contributed by atoms with Crippen molar-refractivity contribution >= 4 is 29.9 Å². The van der Waals surface area contributed by atoms with Crippen molar-refractivity contribution in [2.75, 3.05) is 20.3 Å². The van der Waals surface area contributed by atoms with Crippen LogP contribution in [-0.2, 0) is 11.3 Å². The second-order valence-electron chi connectivity index (χ2n) is 7.65. The van der Waals surface area contributed by atoms with E-state index in [9.17, 15) is 0 Å². The molecule has 26 heavy (non-hydrogen) atoms. The van der Waals surface area contributed by atoms with Crippen molar-refractivity contribution in [3.63, 3.8) is 0 Å². The molecule has 5 nitrogen and oxygen atoms in total. The fraction of sp³-hybridized carbons (Fsp3) is 0.650. The molecule has 3 rings (SSSR count). The Kier molecular flexibility index (Phi) is 7.19. The van der Waals surface area contributed by atoms with Gasteiger partial charge in [0.2, 0.25) is 0 Å². The number of guanidine groups is 1. The molecule has 0 aromatic heterocycles. The number of aryl methyl sites for hydroxylation is 1. The third-order valence-electron chi connectivity index (χ3n) is 5.62. The average Bonchev–Trinajstić information content (AvgIpc) is 3.04. The highest BCUT2D eigenvalue weighted by atomic mass is 127. The van der Waals surface area contributed by atoms with Crippen molar-refractivity contribution in [3.8, 4) is 5.75 Å². The van der Waals surface area contributed by atoms with Crippen LogP contribution in [0, 0.1) is 18.3 Å². The van der Waals surface area contributed by atoms with Gasteiger partial charge < -0.3 is 20.1 Å². The topological polar surface area (TPSA) is 54.9 Å². The van der Waals surface area contributed by atoms with Crippen molar-refractivity contribution in [2.45, 2.75) is 52.8 Å². The third-order valence-corrected chi connectivity index (χ3v) is 5.62. The fourth-order valence-electron chi connectivity index (χ4n) is 4.28. The van der Waals surface area contributed by atoms with Gasteiger partial charge in [-0.1, -0.05) is 26.0 Å². The summed E-state index contributed by atoms with van der Waals surface area (Å²) in [6.45, 7) is 11.0. The van der Waals surface area contributed by atoms with Crippen LogP contribution in [-0.4, -0.2) is 38.4 Å². The van der Waals surface area contributed by atoms with Crippen LogP contribution in [0.3, 0.4) is 0 Å². The minimum atomic E-state index is 0. The summed E-state index contributed by atoms with van der Waals surface area (Å²) in [5, 5.41) is 7.05. The zero-order chi connectivity index (χ0) is 18.0. The first-order valence-electron chi connectivity index (χ1n) is 9.28. The highest BCUT2D eigenvalue weighted by Gasteiger charge is 2.59. The predicted octanol–water partition coefficient (Wildman–Crippen LogP) is 3.49. The molecule has 2 aliphatic rings. The zero-order valence-corrected chi connectivity index (χ0v) is 18.8. The lowest BCUT2D eigenvalue weighted by Crippen LogP contribution is -2.67. The van der Waals surface area contributed by atoms with Crippen molar-refractivity contribution in [3.05, 3.63) is 29.3 Å². The van der Waals surface area contributed by atoms with Crippen LogP contribution in [0.4, 0.5) is 0 Å². The van der Waals surface area contributed by atoms with Gasteiger partial charge in [-0.15, -0.1) is 24.0 Å². The molecule has 1 aromatic carbocycles. The number of fused-ring (bicyclic) bond motifs is 1. The number of hydrogen-bond donors (Lipinski definition) is 2. The summed E-state index contributed by atoms with van der Waals surface area (Å²) in [5.74, 6) is 2.41. The van der Waals surface area contributed by atoms with E-state index in [-0.39, 0.29) is 29.4 Å². The van der Waals surface area contributed by atoms with Crippen LogP contribution < -0.4 is 15.4 Å². The number of nitrogens with one attached hydrogen (secondary N) is 2. The molecular weight excluding hydrogens is 441 g/mol. The maximum Gasteiger partial charge on any atom is 0.191 e. The first kappa shape index (κ1) is 21.3. The summed E-state index contributed by atoms with van der Waals surface area (Å²) >= 11 is 0. The Hall–Kier alpha value is -1.02.